The van der Waals surface area contributed by atoms with E-state index in [9.17, 15) is 10.1 Å². The average molecular weight is 378 g/mol. The van der Waals surface area contributed by atoms with E-state index in [0.717, 1.165) is 13.0 Å². The third kappa shape index (κ3) is 4.92. The second-order valence-corrected chi connectivity index (χ2v) is 6.80. The number of carbonyl (C=O) groups excluding carboxylic acids is 1. The molecule has 3 rings (SSSR count). The van der Waals surface area contributed by atoms with E-state index in [4.69, 9.17) is 0 Å². The predicted molar refractivity (Wildman–Crippen MR) is 110 cm³/mol. The fourth-order valence-corrected chi connectivity index (χ4v) is 3.29. The maximum absolute atomic E-state index is 12.4. The molecule has 0 radical (unpaired) electrons. The summed E-state index contributed by atoms with van der Waals surface area (Å²) >= 11 is 0. The van der Waals surface area contributed by atoms with E-state index in [0.29, 0.717) is 44.1 Å². The van der Waals surface area contributed by atoms with Crippen molar-refractivity contribution < 1.29 is 4.79 Å². The van der Waals surface area contributed by atoms with Gasteiger partial charge in [0.1, 0.15) is 11.9 Å². The Morgan fingerprint density at radius 2 is 1.93 bits per heavy atom. The van der Waals surface area contributed by atoms with Crippen LogP contribution in [0.5, 0.6) is 0 Å². The molecule has 1 N–H and O–H groups in total. The third-order valence-corrected chi connectivity index (χ3v) is 4.92. The lowest BCUT2D eigenvalue weighted by molar-refractivity contribution is 0.194. The van der Waals surface area contributed by atoms with Crippen molar-refractivity contribution in [2.24, 2.45) is 0 Å². The van der Waals surface area contributed by atoms with Gasteiger partial charge in [-0.1, -0.05) is 18.2 Å². The Morgan fingerprint density at radius 1 is 1.18 bits per heavy atom. The maximum atomic E-state index is 12.4. The minimum absolute atomic E-state index is 0.0245. The summed E-state index contributed by atoms with van der Waals surface area (Å²) in [6.45, 7) is 4.13. The number of nitriles is 1. The highest BCUT2D eigenvalue weighted by molar-refractivity contribution is 5.74. The number of anilines is 2. The van der Waals surface area contributed by atoms with Gasteiger partial charge in [-0.2, -0.15) is 5.26 Å². The highest BCUT2D eigenvalue weighted by atomic mass is 16.2. The Morgan fingerprint density at radius 3 is 2.64 bits per heavy atom. The number of amides is 2. The minimum Gasteiger partial charge on any atom is -0.375 e. The number of piperazine rings is 1. The number of urea groups is 1. The molecule has 1 aromatic carbocycles. The third-order valence-electron chi connectivity index (χ3n) is 4.92. The average Bonchev–Trinajstić information content (AvgIpc) is 2.77. The van der Waals surface area contributed by atoms with Crippen LogP contribution in [0.3, 0.4) is 0 Å². The number of rotatable bonds is 6. The van der Waals surface area contributed by atoms with Gasteiger partial charge < -0.3 is 20.0 Å². The Labute approximate surface area is 166 Å². The molecule has 1 aliphatic heterocycles. The van der Waals surface area contributed by atoms with Gasteiger partial charge in [0.05, 0.1) is 5.56 Å². The summed E-state index contributed by atoms with van der Waals surface area (Å²) in [4.78, 5) is 22.8. The van der Waals surface area contributed by atoms with Crippen molar-refractivity contribution in [3.63, 3.8) is 0 Å². The van der Waals surface area contributed by atoms with E-state index in [2.05, 4.69) is 45.4 Å². The molecule has 146 valence electrons. The van der Waals surface area contributed by atoms with Crippen LogP contribution in [-0.4, -0.2) is 62.2 Å². The Hall–Kier alpha value is -3.27. The molecule has 7 nitrogen and oxygen atoms in total. The van der Waals surface area contributed by atoms with E-state index in [1.807, 2.05) is 23.1 Å². The van der Waals surface area contributed by atoms with Crippen molar-refractivity contribution in [3.05, 3.63) is 54.2 Å². The SMILES string of the molecule is CN(CCCNC(=O)N1CCN(c2ncccc2C#N)CC1)c1ccccc1. The van der Waals surface area contributed by atoms with Crippen LogP contribution in [0, 0.1) is 11.3 Å². The molecule has 1 saturated heterocycles. The summed E-state index contributed by atoms with van der Waals surface area (Å²) in [6.07, 6.45) is 2.58. The molecule has 28 heavy (non-hydrogen) atoms. The first-order chi connectivity index (χ1) is 13.7. The zero-order valence-corrected chi connectivity index (χ0v) is 16.2. The van der Waals surface area contributed by atoms with Crippen LogP contribution in [0.1, 0.15) is 12.0 Å². The molecule has 0 saturated carbocycles. The summed E-state index contributed by atoms with van der Waals surface area (Å²) in [6, 6.07) is 15.9. The van der Waals surface area contributed by atoms with Crippen LogP contribution in [0.2, 0.25) is 0 Å². The van der Waals surface area contributed by atoms with Crippen LogP contribution < -0.4 is 15.1 Å². The summed E-state index contributed by atoms with van der Waals surface area (Å²) in [5.74, 6) is 0.703. The van der Waals surface area contributed by atoms with Gasteiger partial charge in [0.15, 0.2) is 0 Å². The van der Waals surface area contributed by atoms with Gasteiger partial charge in [-0.25, -0.2) is 9.78 Å². The number of para-hydroxylation sites is 1. The van der Waals surface area contributed by atoms with Crippen LogP contribution in [-0.2, 0) is 0 Å². The van der Waals surface area contributed by atoms with Crippen molar-refractivity contribution in [1.82, 2.24) is 15.2 Å². The molecule has 1 fully saturated rings. The molecule has 0 spiro atoms. The lowest BCUT2D eigenvalue weighted by Crippen LogP contribution is -2.52. The van der Waals surface area contributed by atoms with E-state index >= 15 is 0 Å². The van der Waals surface area contributed by atoms with Crippen LogP contribution in [0.15, 0.2) is 48.7 Å². The second kappa shape index (κ2) is 9.60. The summed E-state index contributed by atoms with van der Waals surface area (Å²) in [5, 5.41) is 12.2. The Balaban J connectivity index is 1.39. The fourth-order valence-electron chi connectivity index (χ4n) is 3.29. The van der Waals surface area contributed by atoms with Gasteiger partial charge in [-0.05, 0) is 30.7 Å². The molecular formula is C21H26N6O. The largest absolute Gasteiger partial charge is 0.375 e. The number of carbonyl (C=O) groups is 1. The molecule has 2 heterocycles. The van der Waals surface area contributed by atoms with E-state index in [1.165, 1.54) is 5.69 Å². The zero-order valence-electron chi connectivity index (χ0n) is 16.2. The first-order valence-corrected chi connectivity index (χ1v) is 9.58. The Kier molecular flexibility index (Phi) is 6.68. The van der Waals surface area contributed by atoms with Gasteiger partial charge in [0.2, 0.25) is 0 Å². The van der Waals surface area contributed by atoms with Crippen molar-refractivity contribution in [3.8, 4) is 6.07 Å². The number of pyridine rings is 1. The lowest BCUT2D eigenvalue weighted by atomic mass is 10.2. The monoisotopic (exact) mass is 378 g/mol. The van der Waals surface area contributed by atoms with E-state index in [1.54, 1.807) is 18.3 Å². The number of hydrogen-bond donors (Lipinski definition) is 1. The molecule has 0 aliphatic carbocycles. The standard InChI is InChI=1S/C21H26N6O/c1-25(19-8-3-2-4-9-19)12-6-11-24-21(28)27-15-13-26(14-16-27)20-18(17-22)7-5-10-23-20/h2-5,7-10H,6,11-16H2,1H3,(H,24,28). The van der Waals surface area contributed by atoms with Gasteiger partial charge >= 0.3 is 6.03 Å². The first-order valence-electron chi connectivity index (χ1n) is 9.58. The number of benzene rings is 1. The van der Waals surface area contributed by atoms with Crippen LogP contribution >= 0.6 is 0 Å². The van der Waals surface area contributed by atoms with Crippen LogP contribution in [0.25, 0.3) is 0 Å². The van der Waals surface area contributed by atoms with E-state index in [-0.39, 0.29) is 6.03 Å². The van der Waals surface area contributed by atoms with Crippen molar-refractivity contribution in [2.45, 2.75) is 6.42 Å². The molecule has 0 atom stereocenters. The van der Waals surface area contributed by atoms with Crippen LogP contribution in [0.4, 0.5) is 16.3 Å². The number of nitrogens with zero attached hydrogens (tertiary/aromatic N) is 5. The van der Waals surface area contributed by atoms with E-state index < -0.39 is 0 Å². The van der Waals surface area contributed by atoms with Crippen molar-refractivity contribution in [2.75, 3.05) is 56.1 Å². The highest BCUT2D eigenvalue weighted by Crippen LogP contribution is 2.18. The molecule has 0 bridgehead atoms. The summed E-state index contributed by atoms with van der Waals surface area (Å²) in [5.41, 5.74) is 1.75. The van der Waals surface area contributed by atoms with Crippen molar-refractivity contribution in [1.29, 1.82) is 5.26 Å². The summed E-state index contributed by atoms with van der Waals surface area (Å²) in [7, 11) is 2.06. The molecule has 1 aromatic heterocycles. The predicted octanol–water partition coefficient (Wildman–Crippen LogP) is 2.31. The minimum atomic E-state index is -0.0245. The zero-order chi connectivity index (χ0) is 19.8. The molecule has 2 aromatic rings. The fraction of sp³-hybridized carbons (Fsp3) is 0.381. The Bertz CT molecular complexity index is 811. The molecule has 2 amide bonds. The van der Waals surface area contributed by atoms with Gasteiger partial charge in [-0.3, -0.25) is 0 Å². The first kappa shape index (κ1) is 19.5. The van der Waals surface area contributed by atoms with Crippen molar-refractivity contribution >= 4 is 17.5 Å². The molecule has 0 unspecified atom stereocenters. The number of nitrogens with one attached hydrogen (secondary N) is 1. The van der Waals surface area contributed by atoms with Gasteiger partial charge in [0.25, 0.3) is 0 Å². The maximum Gasteiger partial charge on any atom is 0.317 e. The normalized spacial score (nSPS) is 13.7. The van der Waals surface area contributed by atoms with Gasteiger partial charge in [0, 0.05) is 58.2 Å². The molecular weight excluding hydrogens is 352 g/mol. The summed E-state index contributed by atoms with van der Waals surface area (Å²) < 4.78 is 0. The smallest absolute Gasteiger partial charge is 0.317 e. The second-order valence-electron chi connectivity index (χ2n) is 6.80. The number of aromatic nitrogens is 1. The quantitative estimate of drug-likeness (QED) is 0.781. The molecule has 7 heteroatoms. The highest BCUT2D eigenvalue weighted by Gasteiger charge is 2.23. The van der Waals surface area contributed by atoms with Gasteiger partial charge in [-0.15, -0.1) is 0 Å². The molecule has 1 aliphatic rings. The topological polar surface area (TPSA) is 75.5 Å². The number of hydrogen-bond acceptors (Lipinski definition) is 5. The lowest BCUT2D eigenvalue weighted by Gasteiger charge is -2.35.